The van der Waals surface area contributed by atoms with Crippen molar-refractivity contribution in [1.82, 2.24) is 5.32 Å². The highest BCUT2D eigenvalue weighted by Crippen LogP contribution is 2.16. The van der Waals surface area contributed by atoms with Crippen molar-refractivity contribution in [1.29, 1.82) is 0 Å². The first kappa shape index (κ1) is 18.2. The molecule has 8 heteroatoms. The Morgan fingerprint density at radius 2 is 1.80 bits per heavy atom. The molecule has 1 heterocycles. The van der Waals surface area contributed by atoms with Gasteiger partial charge in [0, 0.05) is 25.4 Å². The third-order valence-electron chi connectivity index (χ3n) is 3.24. The summed E-state index contributed by atoms with van der Waals surface area (Å²) in [6, 6.07) is 9.90. The number of nitrogens with one attached hydrogen (secondary N) is 3. The number of ether oxygens (including phenoxy) is 1. The number of methoxy groups -OCH3 is 1. The summed E-state index contributed by atoms with van der Waals surface area (Å²) in [5, 5.41) is 7.54. The number of furan rings is 1. The summed E-state index contributed by atoms with van der Waals surface area (Å²) in [5.74, 6) is -1.32. The standard InChI is InChI=1S/C17H19N3O5/c1-11(21)19-12-5-3-6-13(9-12)20-17(23)16(22)18-10-15(24-2)14-7-4-8-25-14/h3-9,15H,10H2,1-2H3,(H,18,22)(H,19,21)(H,20,23). The summed E-state index contributed by atoms with van der Waals surface area (Å²) in [6.07, 6.45) is 1.01. The fourth-order valence-corrected chi connectivity index (χ4v) is 2.11. The van der Waals surface area contributed by atoms with Crippen molar-refractivity contribution in [3.63, 3.8) is 0 Å². The number of hydrogen-bond acceptors (Lipinski definition) is 5. The number of hydrogen-bond donors (Lipinski definition) is 3. The third kappa shape index (κ3) is 5.47. The molecule has 8 nitrogen and oxygen atoms in total. The molecule has 0 saturated carbocycles. The number of anilines is 2. The van der Waals surface area contributed by atoms with E-state index in [0.717, 1.165) is 0 Å². The van der Waals surface area contributed by atoms with Gasteiger partial charge in [0.25, 0.3) is 0 Å². The van der Waals surface area contributed by atoms with E-state index >= 15 is 0 Å². The van der Waals surface area contributed by atoms with Gasteiger partial charge in [0.2, 0.25) is 5.91 Å². The summed E-state index contributed by atoms with van der Waals surface area (Å²) < 4.78 is 10.4. The molecule has 0 aliphatic rings. The van der Waals surface area contributed by atoms with E-state index in [1.165, 1.54) is 20.3 Å². The van der Waals surface area contributed by atoms with Gasteiger partial charge in [0.05, 0.1) is 12.8 Å². The predicted molar refractivity (Wildman–Crippen MR) is 90.8 cm³/mol. The molecule has 2 aromatic rings. The predicted octanol–water partition coefficient (Wildman–Crippen LogP) is 1.68. The summed E-state index contributed by atoms with van der Waals surface area (Å²) >= 11 is 0. The lowest BCUT2D eigenvalue weighted by Gasteiger charge is -2.13. The summed E-state index contributed by atoms with van der Waals surface area (Å²) in [5.41, 5.74) is 0.906. The fraction of sp³-hybridized carbons (Fsp3) is 0.235. The number of carbonyl (C=O) groups excluding carboxylic acids is 3. The van der Waals surface area contributed by atoms with Crippen molar-refractivity contribution in [3.8, 4) is 0 Å². The van der Waals surface area contributed by atoms with E-state index in [1.54, 1.807) is 36.4 Å². The molecule has 0 spiro atoms. The van der Waals surface area contributed by atoms with Crippen LogP contribution in [-0.4, -0.2) is 31.4 Å². The van der Waals surface area contributed by atoms with E-state index in [0.29, 0.717) is 17.1 Å². The maximum atomic E-state index is 12.0. The Bertz CT molecular complexity index is 743. The lowest BCUT2D eigenvalue weighted by molar-refractivity contribution is -0.136. The maximum absolute atomic E-state index is 12.0. The lowest BCUT2D eigenvalue weighted by atomic mass is 10.2. The molecule has 0 radical (unpaired) electrons. The Morgan fingerprint density at radius 3 is 2.40 bits per heavy atom. The molecule has 3 amide bonds. The van der Waals surface area contributed by atoms with E-state index in [1.807, 2.05) is 0 Å². The lowest BCUT2D eigenvalue weighted by Crippen LogP contribution is -2.37. The van der Waals surface area contributed by atoms with Crippen molar-refractivity contribution in [2.24, 2.45) is 0 Å². The Kier molecular flexibility index (Phi) is 6.30. The van der Waals surface area contributed by atoms with Gasteiger partial charge in [0.15, 0.2) is 0 Å². The first-order valence-electron chi connectivity index (χ1n) is 7.52. The van der Waals surface area contributed by atoms with Crippen molar-refractivity contribution in [2.45, 2.75) is 13.0 Å². The molecule has 2 rings (SSSR count). The van der Waals surface area contributed by atoms with Crippen LogP contribution in [0.3, 0.4) is 0 Å². The average Bonchev–Trinajstić information content (AvgIpc) is 3.09. The molecular weight excluding hydrogens is 326 g/mol. The van der Waals surface area contributed by atoms with Crippen molar-refractivity contribution < 1.29 is 23.5 Å². The minimum atomic E-state index is -0.825. The molecule has 0 bridgehead atoms. The van der Waals surface area contributed by atoms with Crippen LogP contribution in [0.4, 0.5) is 11.4 Å². The van der Waals surface area contributed by atoms with Crippen LogP contribution in [0, 0.1) is 0 Å². The molecule has 132 valence electrons. The van der Waals surface area contributed by atoms with Gasteiger partial charge in [-0.3, -0.25) is 14.4 Å². The Hall–Kier alpha value is -3.13. The molecule has 0 fully saturated rings. The fourth-order valence-electron chi connectivity index (χ4n) is 2.11. The number of rotatable bonds is 6. The highest BCUT2D eigenvalue weighted by molar-refractivity contribution is 6.39. The molecule has 1 unspecified atom stereocenters. The van der Waals surface area contributed by atoms with E-state index in [9.17, 15) is 14.4 Å². The molecule has 0 saturated heterocycles. The number of amides is 3. The van der Waals surface area contributed by atoms with E-state index in [-0.39, 0.29) is 12.5 Å². The molecule has 0 aliphatic carbocycles. The van der Waals surface area contributed by atoms with E-state index in [2.05, 4.69) is 16.0 Å². The van der Waals surface area contributed by atoms with Crippen molar-refractivity contribution in [2.75, 3.05) is 24.3 Å². The summed E-state index contributed by atoms with van der Waals surface area (Å²) in [7, 11) is 1.48. The van der Waals surface area contributed by atoms with Crippen LogP contribution in [0.2, 0.25) is 0 Å². The van der Waals surface area contributed by atoms with Crippen LogP contribution < -0.4 is 16.0 Å². The van der Waals surface area contributed by atoms with Gasteiger partial charge in [-0.05, 0) is 30.3 Å². The van der Waals surface area contributed by atoms with Gasteiger partial charge in [-0.15, -0.1) is 0 Å². The van der Waals surface area contributed by atoms with Crippen LogP contribution in [-0.2, 0) is 19.1 Å². The zero-order valence-electron chi connectivity index (χ0n) is 13.9. The zero-order valence-corrected chi connectivity index (χ0v) is 13.9. The molecule has 0 aliphatic heterocycles. The molecule has 3 N–H and O–H groups in total. The van der Waals surface area contributed by atoms with E-state index < -0.39 is 17.9 Å². The topological polar surface area (TPSA) is 110 Å². The molecule has 1 atom stereocenters. The van der Waals surface area contributed by atoms with Crippen LogP contribution in [0.15, 0.2) is 47.1 Å². The maximum Gasteiger partial charge on any atom is 0.313 e. The van der Waals surface area contributed by atoms with Crippen molar-refractivity contribution in [3.05, 3.63) is 48.4 Å². The quantitative estimate of drug-likeness (QED) is 0.690. The third-order valence-corrected chi connectivity index (χ3v) is 3.24. The summed E-state index contributed by atoms with van der Waals surface area (Å²) in [6.45, 7) is 1.46. The van der Waals surface area contributed by atoms with Crippen LogP contribution in [0.5, 0.6) is 0 Å². The largest absolute Gasteiger partial charge is 0.467 e. The minimum Gasteiger partial charge on any atom is -0.467 e. The van der Waals surface area contributed by atoms with Crippen LogP contribution in [0.1, 0.15) is 18.8 Å². The van der Waals surface area contributed by atoms with Crippen LogP contribution in [0.25, 0.3) is 0 Å². The number of benzene rings is 1. The van der Waals surface area contributed by atoms with Gasteiger partial charge >= 0.3 is 11.8 Å². The Morgan fingerprint density at radius 1 is 1.08 bits per heavy atom. The summed E-state index contributed by atoms with van der Waals surface area (Å²) in [4.78, 5) is 34.9. The molecule has 1 aromatic carbocycles. The van der Waals surface area contributed by atoms with Gasteiger partial charge in [-0.2, -0.15) is 0 Å². The van der Waals surface area contributed by atoms with Crippen LogP contribution >= 0.6 is 0 Å². The van der Waals surface area contributed by atoms with Gasteiger partial charge in [0.1, 0.15) is 11.9 Å². The highest BCUT2D eigenvalue weighted by atomic mass is 16.5. The molecular formula is C17H19N3O5. The smallest absolute Gasteiger partial charge is 0.313 e. The Labute approximate surface area is 144 Å². The van der Waals surface area contributed by atoms with Gasteiger partial charge in [-0.1, -0.05) is 6.07 Å². The second kappa shape index (κ2) is 8.65. The minimum absolute atomic E-state index is 0.0855. The van der Waals surface area contributed by atoms with Crippen molar-refractivity contribution >= 4 is 29.1 Å². The first-order valence-corrected chi connectivity index (χ1v) is 7.52. The first-order chi connectivity index (χ1) is 12.0. The Balaban J connectivity index is 1.90. The monoisotopic (exact) mass is 345 g/mol. The zero-order chi connectivity index (χ0) is 18.2. The number of carbonyl (C=O) groups is 3. The van der Waals surface area contributed by atoms with Gasteiger partial charge < -0.3 is 25.1 Å². The van der Waals surface area contributed by atoms with E-state index in [4.69, 9.17) is 9.15 Å². The van der Waals surface area contributed by atoms with Gasteiger partial charge in [-0.25, -0.2) is 0 Å². The second-order valence-electron chi connectivity index (χ2n) is 5.17. The second-order valence-corrected chi connectivity index (χ2v) is 5.17. The molecule has 1 aromatic heterocycles. The average molecular weight is 345 g/mol. The highest BCUT2D eigenvalue weighted by Gasteiger charge is 2.18. The molecule has 25 heavy (non-hydrogen) atoms. The normalized spacial score (nSPS) is 11.4. The SMILES string of the molecule is COC(CNC(=O)C(=O)Nc1cccc(NC(C)=O)c1)c1ccco1.